The van der Waals surface area contributed by atoms with Crippen molar-refractivity contribution in [2.45, 2.75) is 26.3 Å². The van der Waals surface area contributed by atoms with Gasteiger partial charge in [-0.2, -0.15) is 4.58 Å². The van der Waals surface area contributed by atoms with E-state index in [1.165, 1.54) is 32.5 Å². The van der Waals surface area contributed by atoms with Gasteiger partial charge in [0.1, 0.15) is 0 Å². The molecule has 1 aliphatic rings. The predicted molar refractivity (Wildman–Crippen MR) is 107 cm³/mol. The molecule has 30 heavy (non-hydrogen) atoms. The maximum atomic E-state index is 14.6. The van der Waals surface area contributed by atoms with Crippen molar-refractivity contribution in [1.29, 1.82) is 0 Å². The minimum Gasteiger partial charge on any atom is -0.494 e. The molecule has 1 amide bonds. The number of benzene rings is 1. The van der Waals surface area contributed by atoms with Crippen LogP contribution in [-0.2, 0) is 12.8 Å². The number of rotatable bonds is 7. The minimum absolute atomic E-state index is 0.0150. The number of methoxy groups -OCH3 is 1. The van der Waals surface area contributed by atoms with Crippen molar-refractivity contribution >= 4 is 23.7 Å². The molecule has 0 saturated carbocycles. The molecule has 6 nitrogen and oxygen atoms in total. The summed E-state index contributed by atoms with van der Waals surface area (Å²) in [5.74, 6) is -0.342. The molecular weight excluding hydrogens is 397 g/mol. The molecule has 158 valence electrons. The number of hydrogen-bond acceptors (Lipinski definition) is 4. The number of ether oxygens (including phenoxy) is 1. The van der Waals surface area contributed by atoms with Crippen LogP contribution < -0.4 is 10.1 Å². The average molecular weight is 419 g/mol. The van der Waals surface area contributed by atoms with E-state index in [1.54, 1.807) is 6.20 Å². The van der Waals surface area contributed by atoms with Gasteiger partial charge >= 0.3 is 6.55 Å². The fourth-order valence-corrected chi connectivity index (χ4v) is 3.10. The molecule has 2 aromatic rings. The second-order valence-corrected chi connectivity index (χ2v) is 6.90. The van der Waals surface area contributed by atoms with E-state index in [9.17, 15) is 18.0 Å². The van der Waals surface area contributed by atoms with Gasteiger partial charge < -0.3 is 10.1 Å². The van der Waals surface area contributed by atoms with Crippen LogP contribution in [0.5, 0.6) is 5.75 Å². The predicted octanol–water partition coefficient (Wildman–Crippen LogP) is 3.07. The largest absolute Gasteiger partial charge is 0.494 e. The molecular formula is C21H22F3N4O2+. The Balaban J connectivity index is 1.75. The number of alkyl halides is 2. The fourth-order valence-electron chi connectivity index (χ4n) is 3.10. The van der Waals surface area contributed by atoms with E-state index in [2.05, 4.69) is 15.3 Å². The third-order valence-corrected chi connectivity index (χ3v) is 4.77. The number of pyridine rings is 1. The van der Waals surface area contributed by atoms with Crippen LogP contribution in [0.25, 0.3) is 0 Å². The maximum Gasteiger partial charge on any atom is 0.446 e. The van der Waals surface area contributed by atoms with Crippen molar-refractivity contribution in [2.75, 3.05) is 20.7 Å². The molecule has 0 fully saturated rings. The number of amides is 1. The normalized spacial score (nSPS) is 14.5. The highest BCUT2D eigenvalue weighted by atomic mass is 19.3. The molecule has 1 aliphatic heterocycles. The van der Waals surface area contributed by atoms with Crippen LogP contribution in [0, 0.1) is 12.7 Å². The van der Waals surface area contributed by atoms with E-state index >= 15 is 0 Å². The van der Waals surface area contributed by atoms with Gasteiger partial charge in [0.05, 0.1) is 7.11 Å². The first kappa shape index (κ1) is 21.5. The standard InChI is InChI=1S/C21H21F3N4O2/c1-12-6-13(9-26-19(12)27-16-10-28(11-16)21(23)24)4-5-14-7-15(20(29)25-2)8-17(30-3)18(14)22/h6-10,21H,4-5,11H2,1-3H3/p+1. The van der Waals surface area contributed by atoms with Crippen molar-refractivity contribution in [3.05, 3.63) is 52.5 Å². The molecule has 1 N–H and O–H groups in total. The van der Waals surface area contributed by atoms with Gasteiger partial charge in [-0.05, 0) is 48.6 Å². The first-order chi connectivity index (χ1) is 14.3. The Bertz CT molecular complexity index is 1040. The Morgan fingerprint density at radius 1 is 1.33 bits per heavy atom. The molecule has 0 spiro atoms. The van der Waals surface area contributed by atoms with E-state index in [0.29, 0.717) is 35.5 Å². The van der Waals surface area contributed by atoms with E-state index < -0.39 is 12.4 Å². The van der Waals surface area contributed by atoms with Crippen LogP contribution in [0.3, 0.4) is 0 Å². The second-order valence-electron chi connectivity index (χ2n) is 6.90. The van der Waals surface area contributed by atoms with E-state index in [4.69, 9.17) is 4.74 Å². The lowest BCUT2D eigenvalue weighted by Crippen LogP contribution is -2.39. The van der Waals surface area contributed by atoms with E-state index in [-0.39, 0.29) is 18.2 Å². The molecule has 0 bridgehead atoms. The van der Waals surface area contributed by atoms with E-state index in [0.717, 1.165) is 15.7 Å². The summed E-state index contributed by atoms with van der Waals surface area (Å²) in [7, 11) is 2.85. The summed E-state index contributed by atoms with van der Waals surface area (Å²) in [6.45, 7) is -0.611. The van der Waals surface area contributed by atoms with E-state index in [1.807, 2.05) is 13.0 Å². The lowest BCUT2D eigenvalue weighted by molar-refractivity contribution is -0.617. The van der Waals surface area contributed by atoms with Crippen LogP contribution in [0.1, 0.15) is 27.0 Å². The molecule has 0 saturated heterocycles. The number of carbonyl (C=O) groups is 1. The summed E-state index contributed by atoms with van der Waals surface area (Å²) >= 11 is 0. The summed E-state index contributed by atoms with van der Waals surface area (Å²) in [4.78, 5) is 20.5. The third kappa shape index (κ3) is 4.67. The topological polar surface area (TPSA) is 66.6 Å². The second kappa shape index (κ2) is 9.06. The number of hydrogen-bond donors (Lipinski definition) is 1. The minimum atomic E-state index is -2.53. The third-order valence-electron chi connectivity index (χ3n) is 4.77. The Labute approximate surface area is 172 Å². The van der Waals surface area contributed by atoms with Gasteiger partial charge in [0, 0.05) is 18.8 Å². The van der Waals surface area contributed by atoms with Crippen molar-refractivity contribution in [3.8, 4) is 5.75 Å². The summed E-state index contributed by atoms with van der Waals surface area (Å²) in [6, 6.07) is 4.76. The number of aliphatic imine (C=N–C) groups is 1. The smallest absolute Gasteiger partial charge is 0.446 e. The molecule has 0 aliphatic carbocycles. The summed E-state index contributed by atoms with van der Waals surface area (Å²) in [6.07, 6.45) is 3.77. The molecule has 0 atom stereocenters. The Morgan fingerprint density at radius 2 is 2.07 bits per heavy atom. The fraction of sp³-hybridized carbons (Fsp3) is 0.333. The summed E-state index contributed by atoms with van der Waals surface area (Å²) < 4.78 is 45.5. The van der Waals surface area contributed by atoms with Crippen LogP contribution in [-0.4, -0.2) is 54.6 Å². The zero-order valence-electron chi connectivity index (χ0n) is 16.9. The van der Waals surface area contributed by atoms with Gasteiger partial charge in [0.25, 0.3) is 5.91 Å². The van der Waals surface area contributed by atoms with Crippen LogP contribution >= 0.6 is 0 Å². The number of nitrogens with zero attached hydrogens (tertiary/aromatic N) is 3. The SMILES string of the molecule is CNC(=O)c1cc(CCc2cnc(N=C3C=[N+](C(F)F)C3)c(C)c2)c(F)c(OC)c1. The Morgan fingerprint density at radius 3 is 2.67 bits per heavy atom. The van der Waals surface area contributed by atoms with Gasteiger partial charge in [0.2, 0.25) is 0 Å². The van der Waals surface area contributed by atoms with Crippen molar-refractivity contribution in [2.24, 2.45) is 4.99 Å². The molecule has 1 aromatic carbocycles. The van der Waals surface area contributed by atoms with Crippen molar-refractivity contribution in [1.82, 2.24) is 10.3 Å². The highest BCUT2D eigenvalue weighted by Gasteiger charge is 2.30. The highest BCUT2D eigenvalue weighted by molar-refractivity contribution is 6.33. The van der Waals surface area contributed by atoms with Gasteiger partial charge in [0.15, 0.2) is 35.9 Å². The number of nitrogens with one attached hydrogen (secondary N) is 1. The number of carbonyl (C=O) groups excluding carboxylic acids is 1. The first-order valence-electron chi connectivity index (χ1n) is 9.32. The zero-order chi connectivity index (χ0) is 21.8. The van der Waals surface area contributed by atoms with Crippen molar-refractivity contribution < 1.29 is 27.3 Å². The van der Waals surface area contributed by atoms with Crippen LogP contribution in [0.15, 0.2) is 29.4 Å². The first-order valence-corrected chi connectivity index (χ1v) is 9.32. The molecule has 3 rings (SSSR count). The Hall–Kier alpha value is -3.23. The Kier molecular flexibility index (Phi) is 6.49. The lowest BCUT2D eigenvalue weighted by atomic mass is 10.0. The molecule has 2 heterocycles. The summed E-state index contributed by atoms with van der Waals surface area (Å²) in [5, 5.41) is 2.51. The molecule has 0 unspecified atom stereocenters. The van der Waals surface area contributed by atoms with Crippen molar-refractivity contribution in [3.63, 3.8) is 0 Å². The van der Waals surface area contributed by atoms with Gasteiger partial charge in [-0.25, -0.2) is 14.4 Å². The monoisotopic (exact) mass is 419 g/mol. The quantitative estimate of drug-likeness (QED) is 0.554. The molecule has 0 radical (unpaired) electrons. The number of halogens is 3. The van der Waals surface area contributed by atoms with Gasteiger partial charge in [-0.15, -0.1) is 8.78 Å². The zero-order valence-corrected chi connectivity index (χ0v) is 16.9. The number of aryl methyl sites for hydroxylation is 3. The summed E-state index contributed by atoms with van der Waals surface area (Å²) in [5.41, 5.74) is 2.89. The highest BCUT2D eigenvalue weighted by Crippen LogP contribution is 2.25. The van der Waals surface area contributed by atoms with Crippen LogP contribution in [0.2, 0.25) is 0 Å². The maximum absolute atomic E-state index is 14.6. The number of aromatic nitrogens is 1. The van der Waals surface area contributed by atoms with Gasteiger partial charge in [-0.3, -0.25) is 4.79 Å². The molecule has 9 heteroatoms. The van der Waals surface area contributed by atoms with Gasteiger partial charge in [-0.1, -0.05) is 6.07 Å². The molecule has 1 aromatic heterocycles. The lowest BCUT2D eigenvalue weighted by Gasteiger charge is -2.12. The average Bonchev–Trinajstić information content (AvgIpc) is 2.69. The van der Waals surface area contributed by atoms with Crippen LogP contribution in [0.4, 0.5) is 19.0 Å².